The zero-order valence-electron chi connectivity index (χ0n) is 11.7. The fourth-order valence-corrected chi connectivity index (χ4v) is 2.90. The van der Waals surface area contributed by atoms with Gasteiger partial charge in [0, 0.05) is 28.2 Å². The Labute approximate surface area is 118 Å². The Balaban J connectivity index is 1.95. The fourth-order valence-electron chi connectivity index (χ4n) is 2.90. The Morgan fingerprint density at radius 2 is 2.20 bits per heavy atom. The van der Waals surface area contributed by atoms with Gasteiger partial charge in [0.05, 0.1) is 6.61 Å². The van der Waals surface area contributed by atoms with Crippen LogP contribution in [0.5, 0.6) is 0 Å². The predicted molar refractivity (Wildman–Crippen MR) is 79.0 cm³/mol. The summed E-state index contributed by atoms with van der Waals surface area (Å²) in [4.78, 5) is 15.6. The maximum atomic E-state index is 12.1. The molecule has 4 heteroatoms. The van der Waals surface area contributed by atoms with Gasteiger partial charge in [-0.2, -0.15) is 0 Å². The molecule has 1 aromatic carbocycles. The van der Waals surface area contributed by atoms with Gasteiger partial charge >= 0.3 is 0 Å². The molecule has 106 valence electrons. The van der Waals surface area contributed by atoms with Crippen molar-refractivity contribution in [1.82, 2.24) is 10.3 Å². The third-order valence-electron chi connectivity index (χ3n) is 4.01. The zero-order valence-corrected chi connectivity index (χ0v) is 11.7. The molecule has 3 N–H and O–H groups in total. The van der Waals surface area contributed by atoms with E-state index in [1.165, 1.54) is 29.5 Å². The number of fused-ring (bicyclic) bond motifs is 3. The second-order valence-electron chi connectivity index (χ2n) is 5.61. The van der Waals surface area contributed by atoms with Gasteiger partial charge in [-0.1, -0.05) is 0 Å². The van der Waals surface area contributed by atoms with Gasteiger partial charge in [0.25, 0.3) is 5.91 Å². The van der Waals surface area contributed by atoms with Gasteiger partial charge in [-0.15, -0.1) is 0 Å². The third-order valence-corrected chi connectivity index (χ3v) is 4.01. The topological polar surface area (TPSA) is 65.1 Å². The SMILES string of the molecule is CC(CO)NC(=O)c1ccc2[nH]c3c(c2c1)CCCC3. The average Bonchev–Trinajstić information content (AvgIpc) is 2.84. The van der Waals surface area contributed by atoms with Crippen LogP contribution >= 0.6 is 0 Å². The van der Waals surface area contributed by atoms with E-state index in [1.807, 2.05) is 18.2 Å². The van der Waals surface area contributed by atoms with E-state index in [0.29, 0.717) is 5.56 Å². The van der Waals surface area contributed by atoms with E-state index in [-0.39, 0.29) is 18.6 Å². The number of carbonyl (C=O) groups excluding carboxylic acids is 1. The van der Waals surface area contributed by atoms with Crippen molar-refractivity contribution in [3.63, 3.8) is 0 Å². The highest BCUT2D eigenvalue weighted by molar-refractivity contribution is 5.99. The monoisotopic (exact) mass is 272 g/mol. The maximum Gasteiger partial charge on any atom is 0.251 e. The number of aliphatic hydroxyl groups excluding tert-OH is 1. The lowest BCUT2D eigenvalue weighted by Crippen LogP contribution is -2.34. The van der Waals surface area contributed by atoms with Gasteiger partial charge in [0.15, 0.2) is 0 Å². The summed E-state index contributed by atoms with van der Waals surface area (Å²) in [6.45, 7) is 1.74. The van der Waals surface area contributed by atoms with Crippen LogP contribution in [-0.2, 0) is 12.8 Å². The Morgan fingerprint density at radius 1 is 1.40 bits per heavy atom. The number of rotatable bonds is 3. The van der Waals surface area contributed by atoms with Gasteiger partial charge in [-0.3, -0.25) is 4.79 Å². The summed E-state index contributed by atoms with van der Waals surface area (Å²) in [6, 6.07) is 5.56. The number of amides is 1. The molecule has 0 bridgehead atoms. The lowest BCUT2D eigenvalue weighted by Gasteiger charge is -2.12. The molecule has 1 unspecified atom stereocenters. The minimum absolute atomic E-state index is 0.0481. The van der Waals surface area contributed by atoms with Crippen LogP contribution in [0.3, 0.4) is 0 Å². The molecule has 0 radical (unpaired) electrons. The first kappa shape index (κ1) is 13.2. The average molecular weight is 272 g/mol. The van der Waals surface area contributed by atoms with Gasteiger partial charge in [0.2, 0.25) is 0 Å². The molecule has 1 aliphatic rings. The molecular formula is C16H20N2O2. The third kappa shape index (κ3) is 2.31. The summed E-state index contributed by atoms with van der Waals surface area (Å²) in [5, 5.41) is 13.0. The molecule has 1 heterocycles. The van der Waals surface area contributed by atoms with Gasteiger partial charge in [-0.25, -0.2) is 0 Å². The van der Waals surface area contributed by atoms with Crippen molar-refractivity contribution in [2.75, 3.05) is 6.61 Å². The number of benzene rings is 1. The normalized spacial score (nSPS) is 15.9. The molecule has 2 aromatic rings. The number of hydrogen-bond acceptors (Lipinski definition) is 2. The Kier molecular flexibility index (Phi) is 3.49. The first-order valence-corrected chi connectivity index (χ1v) is 7.24. The van der Waals surface area contributed by atoms with Crippen molar-refractivity contribution < 1.29 is 9.90 Å². The van der Waals surface area contributed by atoms with Crippen LogP contribution < -0.4 is 5.32 Å². The van der Waals surface area contributed by atoms with Crippen LogP contribution in [0, 0.1) is 0 Å². The summed E-state index contributed by atoms with van der Waals surface area (Å²) >= 11 is 0. The molecule has 1 amide bonds. The lowest BCUT2D eigenvalue weighted by atomic mass is 9.95. The van der Waals surface area contributed by atoms with Crippen molar-refractivity contribution in [1.29, 1.82) is 0 Å². The summed E-state index contributed by atoms with van der Waals surface area (Å²) in [7, 11) is 0. The number of hydrogen-bond donors (Lipinski definition) is 3. The molecule has 1 aliphatic carbocycles. The Morgan fingerprint density at radius 3 is 3.00 bits per heavy atom. The zero-order chi connectivity index (χ0) is 14.1. The van der Waals surface area contributed by atoms with E-state index in [4.69, 9.17) is 5.11 Å². The molecule has 4 nitrogen and oxygen atoms in total. The lowest BCUT2D eigenvalue weighted by molar-refractivity contribution is 0.0922. The van der Waals surface area contributed by atoms with E-state index in [0.717, 1.165) is 18.4 Å². The van der Waals surface area contributed by atoms with Crippen LogP contribution in [0.4, 0.5) is 0 Å². The molecule has 20 heavy (non-hydrogen) atoms. The number of aliphatic hydroxyl groups is 1. The van der Waals surface area contributed by atoms with Gasteiger partial charge in [0.1, 0.15) is 0 Å². The molecule has 3 rings (SSSR count). The van der Waals surface area contributed by atoms with E-state index < -0.39 is 0 Å². The molecule has 0 saturated carbocycles. The minimum Gasteiger partial charge on any atom is -0.394 e. The van der Waals surface area contributed by atoms with Crippen molar-refractivity contribution in [2.24, 2.45) is 0 Å². The highest BCUT2D eigenvalue weighted by atomic mass is 16.3. The van der Waals surface area contributed by atoms with Gasteiger partial charge < -0.3 is 15.4 Å². The number of carbonyl (C=O) groups is 1. The summed E-state index contributed by atoms with van der Waals surface area (Å²) in [5.74, 6) is -0.126. The van der Waals surface area contributed by atoms with Crippen LogP contribution in [0.2, 0.25) is 0 Å². The van der Waals surface area contributed by atoms with Gasteiger partial charge in [-0.05, 0) is 56.4 Å². The van der Waals surface area contributed by atoms with E-state index in [1.54, 1.807) is 6.92 Å². The molecule has 1 aromatic heterocycles. The van der Waals surface area contributed by atoms with Crippen LogP contribution in [0.15, 0.2) is 18.2 Å². The second kappa shape index (κ2) is 5.29. The number of H-pyrrole nitrogens is 1. The van der Waals surface area contributed by atoms with Crippen molar-refractivity contribution in [3.8, 4) is 0 Å². The number of aromatic nitrogens is 1. The highest BCUT2D eigenvalue weighted by Crippen LogP contribution is 2.29. The first-order chi connectivity index (χ1) is 9.69. The largest absolute Gasteiger partial charge is 0.394 e. The van der Waals surface area contributed by atoms with Crippen molar-refractivity contribution in [3.05, 3.63) is 35.0 Å². The number of nitrogens with one attached hydrogen (secondary N) is 2. The molecule has 0 saturated heterocycles. The predicted octanol–water partition coefficient (Wildman–Crippen LogP) is 2.16. The maximum absolute atomic E-state index is 12.1. The van der Waals surface area contributed by atoms with E-state index in [9.17, 15) is 4.79 Å². The molecule has 1 atom stereocenters. The van der Waals surface area contributed by atoms with E-state index in [2.05, 4.69) is 10.3 Å². The summed E-state index contributed by atoms with van der Waals surface area (Å²) in [5.41, 5.74) is 4.47. The molecule has 0 fully saturated rings. The van der Waals surface area contributed by atoms with Crippen LogP contribution in [0.1, 0.15) is 41.4 Å². The number of aryl methyl sites for hydroxylation is 2. The standard InChI is InChI=1S/C16H20N2O2/c1-10(9-19)17-16(20)11-6-7-15-13(8-11)12-4-2-3-5-14(12)18-15/h6-8,10,18-19H,2-5,9H2,1H3,(H,17,20). The summed E-state index contributed by atoms with van der Waals surface area (Å²) < 4.78 is 0. The highest BCUT2D eigenvalue weighted by Gasteiger charge is 2.17. The quantitative estimate of drug-likeness (QED) is 0.801. The van der Waals surface area contributed by atoms with Crippen LogP contribution in [0.25, 0.3) is 10.9 Å². The first-order valence-electron chi connectivity index (χ1n) is 7.24. The van der Waals surface area contributed by atoms with Crippen molar-refractivity contribution >= 4 is 16.8 Å². The number of aromatic amines is 1. The van der Waals surface area contributed by atoms with E-state index >= 15 is 0 Å². The second-order valence-corrected chi connectivity index (χ2v) is 5.61. The molecular weight excluding hydrogens is 252 g/mol. The summed E-state index contributed by atoms with van der Waals surface area (Å²) in [6.07, 6.45) is 4.65. The molecule has 0 spiro atoms. The van der Waals surface area contributed by atoms with Crippen LogP contribution in [-0.4, -0.2) is 28.6 Å². The Bertz CT molecular complexity index is 645. The molecule has 0 aliphatic heterocycles. The van der Waals surface area contributed by atoms with Crippen molar-refractivity contribution in [2.45, 2.75) is 38.6 Å². The fraction of sp³-hybridized carbons (Fsp3) is 0.438. The smallest absolute Gasteiger partial charge is 0.251 e. The Hall–Kier alpha value is -1.81. The minimum atomic E-state index is -0.224.